The molecule has 35 heavy (non-hydrogen) atoms. The molecule has 0 bridgehead atoms. The van der Waals surface area contributed by atoms with Gasteiger partial charge >= 0.3 is 0 Å². The van der Waals surface area contributed by atoms with Gasteiger partial charge in [0.05, 0.1) is 28.0 Å². The Morgan fingerprint density at radius 2 is 1.80 bits per heavy atom. The molecule has 0 saturated carbocycles. The summed E-state index contributed by atoms with van der Waals surface area (Å²) in [6.07, 6.45) is 1.68. The van der Waals surface area contributed by atoms with Gasteiger partial charge in [0.1, 0.15) is 16.5 Å². The molecule has 1 N–H and O–H groups in total. The van der Waals surface area contributed by atoms with Gasteiger partial charge in [0.2, 0.25) is 0 Å². The number of rotatable bonds is 5. The highest BCUT2D eigenvalue weighted by Crippen LogP contribution is 2.26. The number of anilines is 1. The molecule has 4 aromatic rings. The smallest absolute Gasteiger partial charge is 0.273 e. The van der Waals surface area contributed by atoms with E-state index < -0.39 is 5.91 Å². The van der Waals surface area contributed by atoms with E-state index in [0.717, 1.165) is 11.3 Å². The van der Waals surface area contributed by atoms with Gasteiger partial charge in [0.25, 0.3) is 11.5 Å². The number of methoxy groups -OCH3 is 1. The lowest BCUT2D eigenvalue weighted by molar-refractivity contribution is -0.111. The van der Waals surface area contributed by atoms with Crippen LogP contribution in [0.5, 0.6) is 5.75 Å². The lowest BCUT2D eigenvalue weighted by Crippen LogP contribution is -2.32. The largest absolute Gasteiger partial charge is 0.496 e. The van der Waals surface area contributed by atoms with Crippen LogP contribution in [0.3, 0.4) is 0 Å². The summed E-state index contributed by atoms with van der Waals surface area (Å²) in [5.41, 5.74) is 0.844. The number of para-hydroxylation sites is 2. The van der Waals surface area contributed by atoms with E-state index in [4.69, 9.17) is 27.9 Å². The Morgan fingerprint density at radius 3 is 2.51 bits per heavy atom. The summed E-state index contributed by atoms with van der Waals surface area (Å²) in [5.74, 6) is -0.127. The van der Waals surface area contributed by atoms with Crippen LogP contribution in [0.2, 0.25) is 10.0 Å². The molecular formula is C26H17Cl2N3O3S. The average molecular weight is 522 g/mol. The maximum Gasteiger partial charge on any atom is 0.273 e. The highest BCUT2D eigenvalue weighted by atomic mass is 35.5. The summed E-state index contributed by atoms with van der Waals surface area (Å²) >= 11 is 13.2. The lowest BCUT2D eigenvalue weighted by atomic mass is 10.2. The minimum absolute atomic E-state index is 0.181. The number of nitrogens with one attached hydrogen (secondary N) is 1. The highest BCUT2D eigenvalue weighted by Gasteiger charge is 2.18. The normalized spacial score (nSPS) is 12.1. The molecule has 6 nitrogen and oxygen atoms in total. The van der Waals surface area contributed by atoms with Crippen LogP contribution in [0, 0.1) is 11.3 Å². The van der Waals surface area contributed by atoms with Gasteiger partial charge in [-0.3, -0.25) is 14.2 Å². The summed E-state index contributed by atoms with van der Waals surface area (Å²) in [6, 6.07) is 22.6. The fourth-order valence-electron chi connectivity index (χ4n) is 3.36. The second-order valence-corrected chi connectivity index (χ2v) is 9.07. The van der Waals surface area contributed by atoms with Crippen molar-refractivity contribution in [3.05, 3.63) is 108 Å². The predicted octanol–water partition coefficient (Wildman–Crippen LogP) is 4.36. The number of nitrogens with zero attached hydrogens (tertiary/aromatic N) is 2. The van der Waals surface area contributed by atoms with E-state index in [9.17, 15) is 14.9 Å². The molecule has 1 amide bonds. The van der Waals surface area contributed by atoms with Crippen molar-refractivity contribution in [3.63, 3.8) is 0 Å². The number of ether oxygens (including phenoxy) is 1. The minimum Gasteiger partial charge on any atom is -0.496 e. The van der Waals surface area contributed by atoms with E-state index in [1.165, 1.54) is 16.7 Å². The number of halogens is 2. The molecule has 0 aliphatic rings. The van der Waals surface area contributed by atoms with Gasteiger partial charge in [-0.05, 0) is 42.5 Å². The van der Waals surface area contributed by atoms with Crippen molar-refractivity contribution in [2.75, 3.05) is 12.4 Å². The van der Waals surface area contributed by atoms with Crippen LogP contribution in [-0.4, -0.2) is 17.6 Å². The molecule has 0 atom stereocenters. The van der Waals surface area contributed by atoms with Crippen LogP contribution in [0.15, 0.2) is 77.6 Å². The standard InChI is InChI=1S/C26H17Cl2N3O3S/c1-34-22-10-6-5-7-16(22)13-23-25(33)31(18-8-3-2-4-9-18)26(35-23)19(15-29)24(32)30-21-14-17(27)11-12-20(21)28/h2-14H,1H3,(H,30,32)/b23-13+,26-19+. The van der Waals surface area contributed by atoms with E-state index in [1.807, 2.05) is 30.3 Å². The Labute approximate surface area is 214 Å². The third kappa shape index (κ3) is 5.15. The number of aromatic nitrogens is 1. The van der Waals surface area contributed by atoms with Gasteiger partial charge in [-0.25, -0.2) is 0 Å². The van der Waals surface area contributed by atoms with Crippen molar-refractivity contribution in [3.8, 4) is 17.5 Å². The molecule has 3 aromatic carbocycles. The van der Waals surface area contributed by atoms with Crippen LogP contribution in [0.4, 0.5) is 5.69 Å². The summed E-state index contributed by atoms with van der Waals surface area (Å²) in [4.78, 5) is 26.7. The number of nitriles is 1. The Hall–Kier alpha value is -3.83. The second kappa shape index (κ2) is 10.6. The van der Waals surface area contributed by atoms with Crippen LogP contribution in [0.25, 0.3) is 17.3 Å². The van der Waals surface area contributed by atoms with Gasteiger partial charge < -0.3 is 10.1 Å². The molecule has 174 valence electrons. The van der Waals surface area contributed by atoms with E-state index in [1.54, 1.807) is 49.6 Å². The van der Waals surface area contributed by atoms with Crippen molar-refractivity contribution in [2.45, 2.75) is 0 Å². The van der Waals surface area contributed by atoms with Crippen molar-refractivity contribution in [1.82, 2.24) is 4.57 Å². The molecular weight excluding hydrogens is 505 g/mol. The third-order valence-corrected chi connectivity index (χ3v) is 6.65. The summed E-state index contributed by atoms with van der Waals surface area (Å²) in [6.45, 7) is 0. The zero-order chi connectivity index (χ0) is 24.9. The van der Waals surface area contributed by atoms with Crippen molar-refractivity contribution >= 4 is 57.8 Å². The Balaban J connectivity index is 1.97. The monoisotopic (exact) mass is 521 g/mol. The SMILES string of the molecule is COc1ccccc1/C=c1/s/c(=C(\C#N)C(=O)Nc2cc(Cl)ccc2Cl)n(-c2ccccc2)c1=O. The number of amides is 1. The van der Waals surface area contributed by atoms with E-state index in [-0.39, 0.29) is 26.5 Å². The number of carbonyl (C=O) groups is 1. The number of benzene rings is 3. The van der Waals surface area contributed by atoms with E-state index >= 15 is 0 Å². The molecule has 1 aromatic heterocycles. The van der Waals surface area contributed by atoms with Crippen LogP contribution >= 0.6 is 34.5 Å². The predicted molar refractivity (Wildman–Crippen MR) is 140 cm³/mol. The van der Waals surface area contributed by atoms with Gasteiger partial charge in [-0.15, -0.1) is 11.3 Å². The summed E-state index contributed by atoms with van der Waals surface area (Å²) in [5, 5.41) is 13.2. The summed E-state index contributed by atoms with van der Waals surface area (Å²) < 4.78 is 7.25. The molecule has 9 heteroatoms. The molecule has 0 aliphatic heterocycles. The Morgan fingerprint density at radius 1 is 1.09 bits per heavy atom. The Kier molecular flexibility index (Phi) is 7.37. The fraction of sp³-hybridized carbons (Fsp3) is 0.0385. The maximum atomic E-state index is 13.5. The number of hydrogen-bond acceptors (Lipinski definition) is 5. The van der Waals surface area contributed by atoms with Gasteiger partial charge in [0, 0.05) is 10.6 Å². The van der Waals surface area contributed by atoms with E-state index in [0.29, 0.717) is 26.6 Å². The number of carbonyl (C=O) groups excluding carboxylic acids is 1. The zero-order valence-corrected chi connectivity index (χ0v) is 20.6. The first-order valence-electron chi connectivity index (χ1n) is 10.3. The van der Waals surface area contributed by atoms with E-state index in [2.05, 4.69) is 5.32 Å². The van der Waals surface area contributed by atoms with Gasteiger partial charge in [-0.1, -0.05) is 59.6 Å². The molecule has 1 heterocycles. The van der Waals surface area contributed by atoms with Gasteiger partial charge in [0.15, 0.2) is 5.57 Å². The van der Waals surface area contributed by atoms with Crippen LogP contribution < -0.4 is 24.8 Å². The molecule has 4 rings (SSSR count). The average Bonchev–Trinajstić information content (AvgIpc) is 3.18. The first kappa shape index (κ1) is 24.3. The minimum atomic E-state index is -0.716. The maximum absolute atomic E-state index is 13.5. The van der Waals surface area contributed by atoms with Gasteiger partial charge in [-0.2, -0.15) is 5.26 Å². The summed E-state index contributed by atoms with van der Waals surface area (Å²) in [7, 11) is 1.54. The fourth-order valence-corrected chi connectivity index (χ4v) is 4.79. The molecule has 0 saturated heterocycles. The van der Waals surface area contributed by atoms with Crippen LogP contribution in [0.1, 0.15) is 5.56 Å². The van der Waals surface area contributed by atoms with Crippen molar-refractivity contribution in [1.29, 1.82) is 5.26 Å². The third-order valence-electron chi connectivity index (χ3n) is 4.99. The second-order valence-electron chi connectivity index (χ2n) is 7.20. The molecule has 0 radical (unpaired) electrons. The quantitative estimate of drug-likeness (QED) is 0.423. The first-order valence-corrected chi connectivity index (χ1v) is 11.8. The van der Waals surface area contributed by atoms with Crippen LogP contribution in [-0.2, 0) is 4.79 Å². The number of thiazole rings is 1. The number of hydrogen-bond donors (Lipinski definition) is 1. The topological polar surface area (TPSA) is 84.1 Å². The molecule has 0 aliphatic carbocycles. The zero-order valence-electron chi connectivity index (χ0n) is 18.3. The molecule has 0 spiro atoms. The first-order chi connectivity index (χ1) is 16.9. The lowest BCUT2D eigenvalue weighted by Gasteiger charge is -2.07. The van der Waals surface area contributed by atoms with Crippen molar-refractivity contribution in [2.24, 2.45) is 0 Å². The highest BCUT2D eigenvalue weighted by molar-refractivity contribution is 7.07. The molecule has 0 unspecified atom stereocenters. The Bertz CT molecular complexity index is 1640. The van der Waals surface area contributed by atoms with Crippen molar-refractivity contribution < 1.29 is 9.53 Å². The molecule has 0 fully saturated rings.